The maximum absolute atomic E-state index is 13.1. The number of hydrogen-bond acceptors (Lipinski definition) is 3. The van der Waals surface area contributed by atoms with Gasteiger partial charge in [0.1, 0.15) is 5.75 Å². The standard InChI is InChI=1S/C19H21F4NO2/c1-25-16-5-4-13-10-15(3-2-14(13)11-16)17-12-24(8-9-26-17)7-6-19(22,23)18(20)21/h2-5,10-11,17-18H,6-9,12H2,1H3/t17-/m1/s1. The van der Waals surface area contributed by atoms with Gasteiger partial charge in [0.05, 0.1) is 19.8 Å². The molecule has 26 heavy (non-hydrogen) atoms. The molecule has 1 saturated heterocycles. The molecule has 1 fully saturated rings. The van der Waals surface area contributed by atoms with Crippen LogP contribution in [0.3, 0.4) is 0 Å². The minimum atomic E-state index is -3.95. The van der Waals surface area contributed by atoms with E-state index in [0.717, 1.165) is 22.1 Å². The third-order valence-electron chi connectivity index (χ3n) is 4.67. The quantitative estimate of drug-likeness (QED) is 0.698. The van der Waals surface area contributed by atoms with Crippen LogP contribution in [0, 0.1) is 0 Å². The van der Waals surface area contributed by atoms with E-state index in [0.29, 0.717) is 19.7 Å². The lowest BCUT2D eigenvalue weighted by molar-refractivity contribution is -0.139. The fraction of sp³-hybridized carbons (Fsp3) is 0.474. The molecule has 2 aromatic carbocycles. The Bertz CT molecular complexity index is 753. The Balaban J connectivity index is 1.68. The minimum absolute atomic E-state index is 0.0814. The summed E-state index contributed by atoms with van der Waals surface area (Å²) in [4.78, 5) is 1.75. The van der Waals surface area contributed by atoms with Gasteiger partial charge in [-0.15, -0.1) is 0 Å². The van der Waals surface area contributed by atoms with E-state index >= 15 is 0 Å². The average Bonchev–Trinajstić information content (AvgIpc) is 2.65. The van der Waals surface area contributed by atoms with Gasteiger partial charge in [-0.1, -0.05) is 18.2 Å². The lowest BCUT2D eigenvalue weighted by Gasteiger charge is -2.34. The summed E-state index contributed by atoms with van der Waals surface area (Å²) in [5.41, 5.74) is 0.938. The Labute approximate surface area is 149 Å². The zero-order valence-corrected chi connectivity index (χ0v) is 14.4. The van der Waals surface area contributed by atoms with E-state index in [1.165, 1.54) is 0 Å². The molecule has 1 aliphatic heterocycles. The summed E-state index contributed by atoms with van der Waals surface area (Å²) in [6.45, 7) is 1.16. The van der Waals surface area contributed by atoms with Crippen LogP contribution in [0.2, 0.25) is 0 Å². The molecule has 0 radical (unpaired) electrons. The number of halogens is 4. The summed E-state index contributed by atoms with van der Waals surface area (Å²) in [7, 11) is 1.61. The molecule has 1 heterocycles. The fourth-order valence-electron chi connectivity index (χ4n) is 3.09. The van der Waals surface area contributed by atoms with Gasteiger partial charge >= 0.3 is 12.3 Å². The maximum Gasteiger partial charge on any atom is 0.308 e. The van der Waals surface area contributed by atoms with Crippen molar-refractivity contribution < 1.29 is 27.0 Å². The second-order valence-electron chi connectivity index (χ2n) is 6.44. The van der Waals surface area contributed by atoms with Crippen LogP contribution >= 0.6 is 0 Å². The highest BCUT2D eigenvalue weighted by molar-refractivity contribution is 5.84. The van der Waals surface area contributed by atoms with Crippen LogP contribution in [0.15, 0.2) is 36.4 Å². The van der Waals surface area contributed by atoms with Gasteiger partial charge in [-0.05, 0) is 34.5 Å². The van der Waals surface area contributed by atoms with Gasteiger partial charge in [0.2, 0.25) is 0 Å². The average molecular weight is 371 g/mol. The third-order valence-corrected chi connectivity index (χ3v) is 4.67. The summed E-state index contributed by atoms with van der Waals surface area (Å²) in [5.74, 6) is -3.18. The lowest BCUT2D eigenvalue weighted by Crippen LogP contribution is -2.41. The zero-order chi connectivity index (χ0) is 18.7. The molecule has 0 spiro atoms. The van der Waals surface area contributed by atoms with Crippen LogP contribution in [0.1, 0.15) is 18.1 Å². The predicted octanol–water partition coefficient (Wildman–Crippen LogP) is 4.51. The molecule has 0 saturated carbocycles. The summed E-state index contributed by atoms with van der Waals surface area (Å²) in [6.07, 6.45) is -4.75. The van der Waals surface area contributed by atoms with E-state index in [2.05, 4.69) is 0 Å². The molecular weight excluding hydrogens is 350 g/mol. The van der Waals surface area contributed by atoms with Crippen LogP contribution in [0.4, 0.5) is 17.6 Å². The van der Waals surface area contributed by atoms with Crippen molar-refractivity contribution in [2.45, 2.75) is 24.9 Å². The first kappa shape index (κ1) is 18.9. The van der Waals surface area contributed by atoms with E-state index < -0.39 is 18.8 Å². The normalized spacial score (nSPS) is 19.2. The van der Waals surface area contributed by atoms with E-state index in [9.17, 15) is 17.6 Å². The molecule has 0 bridgehead atoms. The van der Waals surface area contributed by atoms with Gasteiger partial charge in [-0.25, -0.2) is 17.6 Å². The number of methoxy groups -OCH3 is 1. The molecule has 0 amide bonds. The number of alkyl halides is 4. The van der Waals surface area contributed by atoms with Crippen LogP contribution in [0.25, 0.3) is 10.8 Å². The molecule has 3 rings (SSSR count). The number of rotatable bonds is 6. The van der Waals surface area contributed by atoms with Crippen molar-refractivity contribution in [2.24, 2.45) is 0 Å². The third kappa shape index (κ3) is 4.27. The van der Waals surface area contributed by atoms with Crippen LogP contribution in [-0.2, 0) is 4.74 Å². The van der Waals surface area contributed by atoms with Crippen LogP contribution in [-0.4, -0.2) is 50.6 Å². The Morgan fingerprint density at radius 3 is 2.65 bits per heavy atom. The molecule has 0 aliphatic carbocycles. The number of hydrogen-bond donors (Lipinski definition) is 0. The van der Waals surface area contributed by atoms with Crippen molar-refractivity contribution in [2.75, 3.05) is 33.4 Å². The van der Waals surface area contributed by atoms with E-state index in [1.54, 1.807) is 12.0 Å². The molecule has 7 heteroatoms. The van der Waals surface area contributed by atoms with E-state index in [-0.39, 0.29) is 12.6 Å². The molecular formula is C19H21F4NO2. The number of morpholine rings is 1. The van der Waals surface area contributed by atoms with Crippen molar-refractivity contribution in [1.29, 1.82) is 0 Å². The van der Waals surface area contributed by atoms with Crippen LogP contribution in [0.5, 0.6) is 5.75 Å². The second kappa shape index (κ2) is 7.80. The predicted molar refractivity (Wildman–Crippen MR) is 91.2 cm³/mol. The largest absolute Gasteiger partial charge is 0.497 e. The lowest BCUT2D eigenvalue weighted by atomic mass is 10.0. The Hall–Kier alpha value is -1.86. The van der Waals surface area contributed by atoms with Crippen molar-refractivity contribution in [3.63, 3.8) is 0 Å². The molecule has 2 aromatic rings. The molecule has 0 unspecified atom stereocenters. The Morgan fingerprint density at radius 2 is 1.92 bits per heavy atom. The molecule has 1 aliphatic rings. The number of benzene rings is 2. The van der Waals surface area contributed by atoms with Gasteiger partial charge in [0.25, 0.3) is 0 Å². The Morgan fingerprint density at radius 1 is 1.19 bits per heavy atom. The van der Waals surface area contributed by atoms with Gasteiger partial charge in [0, 0.05) is 26.1 Å². The number of fused-ring (bicyclic) bond motifs is 1. The van der Waals surface area contributed by atoms with E-state index in [4.69, 9.17) is 9.47 Å². The SMILES string of the molecule is COc1ccc2cc([C@H]3CN(CCC(F)(F)C(F)F)CCO3)ccc2c1. The van der Waals surface area contributed by atoms with Gasteiger partial charge in [-0.3, -0.25) is 4.90 Å². The summed E-state index contributed by atoms with van der Waals surface area (Å²) < 4.78 is 61.9. The smallest absolute Gasteiger partial charge is 0.308 e. The van der Waals surface area contributed by atoms with Crippen LogP contribution < -0.4 is 4.74 Å². The Kier molecular flexibility index (Phi) is 5.67. The first-order valence-electron chi connectivity index (χ1n) is 8.47. The zero-order valence-electron chi connectivity index (χ0n) is 14.4. The summed E-state index contributed by atoms with van der Waals surface area (Å²) in [5, 5.41) is 2.05. The van der Waals surface area contributed by atoms with Gasteiger partial charge in [0.15, 0.2) is 0 Å². The molecule has 1 atom stereocenters. The number of nitrogens with zero attached hydrogens (tertiary/aromatic N) is 1. The highest BCUT2D eigenvalue weighted by Crippen LogP contribution is 2.30. The maximum atomic E-state index is 13.1. The highest BCUT2D eigenvalue weighted by atomic mass is 19.3. The van der Waals surface area contributed by atoms with E-state index in [1.807, 2.05) is 36.4 Å². The molecule has 0 aromatic heterocycles. The second-order valence-corrected chi connectivity index (χ2v) is 6.44. The minimum Gasteiger partial charge on any atom is -0.497 e. The fourth-order valence-corrected chi connectivity index (χ4v) is 3.09. The van der Waals surface area contributed by atoms with Crippen molar-refractivity contribution in [3.05, 3.63) is 42.0 Å². The highest BCUT2D eigenvalue weighted by Gasteiger charge is 2.40. The first-order chi connectivity index (χ1) is 12.4. The van der Waals surface area contributed by atoms with Gasteiger partial charge < -0.3 is 9.47 Å². The van der Waals surface area contributed by atoms with Crippen molar-refractivity contribution in [1.82, 2.24) is 4.90 Å². The first-order valence-corrected chi connectivity index (χ1v) is 8.47. The van der Waals surface area contributed by atoms with Gasteiger partial charge in [-0.2, -0.15) is 0 Å². The molecule has 142 valence electrons. The molecule has 3 nitrogen and oxygen atoms in total. The topological polar surface area (TPSA) is 21.7 Å². The summed E-state index contributed by atoms with van der Waals surface area (Å²) >= 11 is 0. The summed E-state index contributed by atoms with van der Waals surface area (Å²) in [6, 6.07) is 11.6. The molecule has 0 N–H and O–H groups in total. The monoisotopic (exact) mass is 371 g/mol. The van der Waals surface area contributed by atoms with Crippen molar-refractivity contribution in [3.8, 4) is 5.75 Å². The number of ether oxygens (including phenoxy) is 2. The van der Waals surface area contributed by atoms with Crippen molar-refractivity contribution >= 4 is 10.8 Å².